The van der Waals surface area contributed by atoms with Gasteiger partial charge in [0.1, 0.15) is 0 Å². The predicted octanol–water partition coefficient (Wildman–Crippen LogP) is 0.278. The summed E-state index contributed by atoms with van der Waals surface area (Å²) < 4.78 is 4.94. The molecule has 60 valence electrons. The Kier molecular flexibility index (Phi) is 0.796. The molecular weight excluding hydrogens is 144 g/mol. The second-order valence-corrected chi connectivity index (χ2v) is 4.02. The van der Waals surface area contributed by atoms with E-state index < -0.39 is 5.79 Å². The van der Waals surface area contributed by atoms with Crippen molar-refractivity contribution in [1.82, 2.24) is 0 Å². The number of rotatable bonds is 0. The summed E-state index contributed by atoms with van der Waals surface area (Å²) >= 11 is 0. The van der Waals surface area contributed by atoms with E-state index >= 15 is 0 Å². The molecule has 1 aliphatic heterocycles. The van der Waals surface area contributed by atoms with Crippen LogP contribution in [0.2, 0.25) is 0 Å². The monoisotopic (exact) mass is 154 g/mol. The first kappa shape index (κ1) is 6.00. The molecule has 4 unspecified atom stereocenters. The molecule has 0 aromatic carbocycles. The number of ether oxygens (including phenoxy) is 1. The lowest BCUT2D eigenvalue weighted by molar-refractivity contribution is -0.195. The molecular formula is C8H10O3. The van der Waals surface area contributed by atoms with Crippen LogP contribution in [0.4, 0.5) is 0 Å². The van der Waals surface area contributed by atoms with Gasteiger partial charge in [-0.05, 0) is 18.8 Å². The highest BCUT2D eigenvalue weighted by Gasteiger charge is 2.65. The number of esters is 1. The lowest BCUT2D eigenvalue weighted by atomic mass is 9.87. The second-order valence-electron chi connectivity index (χ2n) is 4.02. The van der Waals surface area contributed by atoms with Crippen LogP contribution in [0.1, 0.15) is 19.3 Å². The summed E-state index contributed by atoms with van der Waals surface area (Å²) in [6.07, 6.45) is 2.62. The Morgan fingerprint density at radius 1 is 1.55 bits per heavy atom. The molecule has 2 bridgehead atoms. The van der Waals surface area contributed by atoms with E-state index in [0.717, 1.165) is 12.8 Å². The van der Waals surface area contributed by atoms with Crippen molar-refractivity contribution in [2.45, 2.75) is 25.0 Å². The highest BCUT2D eigenvalue weighted by molar-refractivity contribution is 5.76. The maximum Gasteiger partial charge on any atom is 0.311 e. The van der Waals surface area contributed by atoms with Gasteiger partial charge in [-0.1, -0.05) is 0 Å². The van der Waals surface area contributed by atoms with Gasteiger partial charge >= 0.3 is 5.97 Å². The van der Waals surface area contributed by atoms with Gasteiger partial charge < -0.3 is 9.84 Å². The van der Waals surface area contributed by atoms with E-state index in [2.05, 4.69) is 0 Å². The first-order valence-corrected chi connectivity index (χ1v) is 4.14. The van der Waals surface area contributed by atoms with Crippen LogP contribution in [0.3, 0.4) is 0 Å². The van der Waals surface area contributed by atoms with E-state index in [0.29, 0.717) is 12.3 Å². The van der Waals surface area contributed by atoms with Crippen LogP contribution in [-0.2, 0) is 9.53 Å². The fourth-order valence-corrected chi connectivity index (χ4v) is 3.00. The standard InChI is InChI=1S/C8H10O3/c9-7-5-1-4-2-6(5)8(10,3-4)11-7/h4-6,10H,1-3H2. The smallest absolute Gasteiger partial charge is 0.311 e. The maximum absolute atomic E-state index is 11.1. The van der Waals surface area contributed by atoms with Crippen LogP contribution in [0.15, 0.2) is 0 Å². The highest BCUT2D eigenvalue weighted by Crippen LogP contribution is 2.58. The first-order chi connectivity index (χ1) is 5.19. The molecule has 3 rings (SSSR count). The zero-order valence-corrected chi connectivity index (χ0v) is 6.12. The molecule has 0 amide bonds. The van der Waals surface area contributed by atoms with Gasteiger partial charge in [-0.25, -0.2) is 0 Å². The third-order valence-corrected chi connectivity index (χ3v) is 3.40. The molecule has 1 N–H and O–H groups in total. The van der Waals surface area contributed by atoms with Crippen LogP contribution < -0.4 is 0 Å². The maximum atomic E-state index is 11.1. The molecule has 1 heterocycles. The average Bonchev–Trinajstić information content (AvgIpc) is 2.43. The Morgan fingerprint density at radius 3 is 2.91 bits per heavy atom. The van der Waals surface area contributed by atoms with E-state index in [1.54, 1.807) is 0 Å². The van der Waals surface area contributed by atoms with Gasteiger partial charge in [0.05, 0.1) is 5.92 Å². The van der Waals surface area contributed by atoms with Gasteiger partial charge in [0.2, 0.25) is 5.79 Å². The minimum absolute atomic E-state index is 0.0266. The van der Waals surface area contributed by atoms with Crippen molar-refractivity contribution in [2.75, 3.05) is 0 Å². The van der Waals surface area contributed by atoms with Crippen molar-refractivity contribution in [3.63, 3.8) is 0 Å². The van der Waals surface area contributed by atoms with Gasteiger partial charge in [-0.3, -0.25) is 4.79 Å². The lowest BCUT2D eigenvalue weighted by Gasteiger charge is -2.23. The number of carbonyl (C=O) groups is 1. The van der Waals surface area contributed by atoms with Gasteiger partial charge in [0.15, 0.2) is 0 Å². The van der Waals surface area contributed by atoms with E-state index in [1.165, 1.54) is 0 Å². The van der Waals surface area contributed by atoms with Crippen molar-refractivity contribution in [3.05, 3.63) is 0 Å². The zero-order valence-electron chi connectivity index (χ0n) is 6.12. The van der Waals surface area contributed by atoms with Crippen LogP contribution in [0.5, 0.6) is 0 Å². The Morgan fingerprint density at radius 2 is 2.36 bits per heavy atom. The molecule has 0 spiro atoms. The zero-order chi connectivity index (χ0) is 7.64. The lowest BCUT2D eigenvalue weighted by Crippen LogP contribution is -2.33. The molecule has 0 aromatic heterocycles. The molecule has 3 fully saturated rings. The van der Waals surface area contributed by atoms with Crippen molar-refractivity contribution >= 4 is 5.97 Å². The Bertz CT molecular complexity index is 237. The molecule has 0 radical (unpaired) electrons. The molecule has 4 atom stereocenters. The van der Waals surface area contributed by atoms with Gasteiger partial charge in [0, 0.05) is 12.3 Å². The third-order valence-electron chi connectivity index (χ3n) is 3.40. The number of fused-ring (bicyclic) bond motifs is 1. The summed E-state index contributed by atoms with van der Waals surface area (Å²) in [6, 6.07) is 0. The van der Waals surface area contributed by atoms with Crippen molar-refractivity contribution in [1.29, 1.82) is 0 Å². The third kappa shape index (κ3) is 0.527. The van der Waals surface area contributed by atoms with Crippen LogP contribution in [0.25, 0.3) is 0 Å². The summed E-state index contributed by atoms with van der Waals surface area (Å²) in [5.41, 5.74) is 0. The Labute approximate surface area is 64.3 Å². The van der Waals surface area contributed by atoms with Crippen molar-refractivity contribution < 1.29 is 14.6 Å². The van der Waals surface area contributed by atoms with Crippen LogP contribution in [0, 0.1) is 17.8 Å². The number of carbonyl (C=O) groups excluding carboxylic acids is 1. The summed E-state index contributed by atoms with van der Waals surface area (Å²) in [4.78, 5) is 11.1. The summed E-state index contributed by atoms with van der Waals surface area (Å²) in [5, 5.41) is 9.76. The summed E-state index contributed by atoms with van der Waals surface area (Å²) in [7, 11) is 0. The number of hydrogen-bond donors (Lipinski definition) is 1. The Balaban J connectivity index is 2.10. The molecule has 3 heteroatoms. The molecule has 11 heavy (non-hydrogen) atoms. The molecule has 2 saturated carbocycles. The van der Waals surface area contributed by atoms with Crippen molar-refractivity contribution in [2.24, 2.45) is 17.8 Å². The fourth-order valence-electron chi connectivity index (χ4n) is 3.00. The first-order valence-electron chi connectivity index (χ1n) is 4.14. The molecule has 1 saturated heterocycles. The summed E-state index contributed by atoms with van der Waals surface area (Å²) in [5.74, 6) is -0.525. The molecule has 2 aliphatic carbocycles. The topological polar surface area (TPSA) is 46.5 Å². The molecule has 3 aliphatic rings. The predicted molar refractivity (Wildman–Crippen MR) is 35.4 cm³/mol. The van der Waals surface area contributed by atoms with Gasteiger partial charge in [-0.2, -0.15) is 0 Å². The number of hydrogen-bond acceptors (Lipinski definition) is 3. The van der Waals surface area contributed by atoms with Crippen molar-refractivity contribution in [3.8, 4) is 0 Å². The van der Waals surface area contributed by atoms with E-state index in [1.807, 2.05) is 0 Å². The SMILES string of the molecule is O=C1OC2(O)CC3CC1C2C3. The molecule has 0 aromatic rings. The average molecular weight is 154 g/mol. The van der Waals surface area contributed by atoms with Crippen LogP contribution in [-0.4, -0.2) is 16.9 Å². The quantitative estimate of drug-likeness (QED) is 0.510. The van der Waals surface area contributed by atoms with Gasteiger partial charge in [-0.15, -0.1) is 0 Å². The van der Waals surface area contributed by atoms with Gasteiger partial charge in [0.25, 0.3) is 0 Å². The fraction of sp³-hybridized carbons (Fsp3) is 0.875. The minimum atomic E-state index is -1.05. The number of aliphatic hydroxyl groups is 1. The van der Waals surface area contributed by atoms with E-state index in [4.69, 9.17) is 4.74 Å². The highest BCUT2D eigenvalue weighted by atomic mass is 16.7. The minimum Gasteiger partial charge on any atom is -0.433 e. The summed E-state index contributed by atoms with van der Waals surface area (Å²) in [6.45, 7) is 0. The largest absolute Gasteiger partial charge is 0.433 e. The van der Waals surface area contributed by atoms with E-state index in [9.17, 15) is 9.90 Å². The Hall–Kier alpha value is -0.570. The van der Waals surface area contributed by atoms with E-state index in [-0.39, 0.29) is 17.8 Å². The van der Waals surface area contributed by atoms with Crippen LogP contribution >= 0.6 is 0 Å². The molecule has 3 nitrogen and oxygen atoms in total. The second kappa shape index (κ2) is 1.46. The normalized spacial score (nSPS) is 58.6.